The van der Waals surface area contributed by atoms with Gasteiger partial charge in [-0.15, -0.1) is 11.8 Å². The van der Waals surface area contributed by atoms with Gasteiger partial charge in [0.25, 0.3) is 0 Å². The van der Waals surface area contributed by atoms with Crippen LogP contribution in [0.15, 0.2) is 29.2 Å². The highest BCUT2D eigenvalue weighted by Crippen LogP contribution is 2.40. The van der Waals surface area contributed by atoms with E-state index in [-0.39, 0.29) is 11.6 Å². The summed E-state index contributed by atoms with van der Waals surface area (Å²) in [7, 11) is 0. The second-order valence-electron chi connectivity index (χ2n) is 5.89. The monoisotopic (exact) mass is 293 g/mol. The Morgan fingerprint density at radius 2 is 2.10 bits per heavy atom. The Labute approximate surface area is 125 Å². The van der Waals surface area contributed by atoms with E-state index in [4.69, 9.17) is 15.2 Å². The summed E-state index contributed by atoms with van der Waals surface area (Å²) in [5.74, 6) is 0.491. The van der Waals surface area contributed by atoms with Gasteiger partial charge in [0.05, 0.1) is 12.2 Å². The number of nitrogens with two attached hydrogens (primary N) is 1. The second-order valence-corrected chi connectivity index (χ2v) is 6.77. The van der Waals surface area contributed by atoms with Crippen molar-refractivity contribution in [1.29, 1.82) is 0 Å². The fourth-order valence-electron chi connectivity index (χ4n) is 3.33. The van der Waals surface area contributed by atoms with Crippen LogP contribution in [-0.4, -0.2) is 31.7 Å². The maximum absolute atomic E-state index is 6.51. The van der Waals surface area contributed by atoms with Gasteiger partial charge in [-0.25, -0.2) is 0 Å². The van der Waals surface area contributed by atoms with Crippen LogP contribution in [0.5, 0.6) is 0 Å². The van der Waals surface area contributed by atoms with Crippen molar-refractivity contribution in [3.63, 3.8) is 0 Å². The molecule has 110 valence electrons. The van der Waals surface area contributed by atoms with Gasteiger partial charge in [0.1, 0.15) is 0 Å². The second kappa shape index (κ2) is 6.06. The van der Waals surface area contributed by atoms with Crippen LogP contribution in [0.4, 0.5) is 0 Å². The molecule has 0 aromatic heterocycles. The summed E-state index contributed by atoms with van der Waals surface area (Å²) in [5, 5.41) is 0. The summed E-state index contributed by atoms with van der Waals surface area (Å²) in [6.07, 6.45) is 5.19. The van der Waals surface area contributed by atoms with Gasteiger partial charge in [0.15, 0.2) is 0 Å². The highest BCUT2D eigenvalue weighted by Gasteiger charge is 2.42. The Morgan fingerprint density at radius 3 is 2.75 bits per heavy atom. The Kier molecular flexibility index (Phi) is 4.36. The minimum absolute atomic E-state index is 0.0558. The number of rotatable bonds is 3. The summed E-state index contributed by atoms with van der Waals surface area (Å²) < 4.78 is 11.5. The first-order chi connectivity index (χ1) is 9.72. The average Bonchev–Trinajstić information content (AvgIpc) is 2.94. The van der Waals surface area contributed by atoms with E-state index in [1.54, 1.807) is 11.8 Å². The normalized spacial score (nSPS) is 31.6. The van der Waals surface area contributed by atoms with Crippen molar-refractivity contribution in [2.45, 2.75) is 35.8 Å². The van der Waals surface area contributed by atoms with Crippen LogP contribution in [0.3, 0.4) is 0 Å². The van der Waals surface area contributed by atoms with Crippen LogP contribution in [0.2, 0.25) is 0 Å². The molecule has 2 fully saturated rings. The highest BCUT2D eigenvalue weighted by molar-refractivity contribution is 7.98. The summed E-state index contributed by atoms with van der Waals surface area (Å²) >= 11 is 1.76. The molecule has 20 heavy (non-hydrogen) atoms. The van der Waals surface area contributed by atoms with Gasteiger partial charge in [-0.1, -0.05) is 12.1 Å². The molecule has 2 N–H and O–H groups in total. The zero-order valence-corrected chi connectivity index (χ0v) is 12.8. The van der Waals surface area contributed by atoms with E-state index in [0.29, 0.717) is 5.92 Å². The van der Waals surface area contributed by atoms with Crippen LogP contribution in [-0.2, 0) is 9.47 Å². The molecular weight excluding hydrogens is 270 g/mol. The SMILES string of the molecule is CSc1ccc(C(N)C2CCOC3(CCOC3)C2)cc1. The highest BCUT2D eigenvalue weighted by atomic mass is 32.2. The molecule has 4 heteroatoms. The third kappa shape index (κ3) is 2.89. The largest absolute Gasteiger partial charge is 0.378 e. The van der Waals surface area contributed by atoms with Crippen LogP contribution in [0.25, 0.3) is 0 Å². The fraction of sp³-hybridized carbons (Fsp3) is 0.625. The predicted molar refractivity (Wildman–Crippen MR) is 82.0 cm³/mol. The molecule has 2 heterocycles. The molecule has 3 rings (SSSR count). The van der Waals surface area contributed by atoms with Gasteiger partial charge in [-0.2, -0.15) is 0 Å². The zero-order valence-electron chi connectivity index (χ0n) is 12.0. The summed E-state index contributed by atoms with van der Waals surface area (Å²) in [6, 6.07) is 8.77. The van der Waals surface area contributed by atoms with E-state index in [2.05, 4.69) is 30.5 Å². The first kappa shape index (κ1) is 14.4. The maximum atomic E-state index is 6.51. The van der Waals surface area contributed by atoms with Crippen molar-refractivity contribution in [3.05, 3.63) is 29.8 Å². The lowest BCUT2D eigenvalue weighted by Crippen LogP contribution is -2.43. The van der Waals surface area contributed by atoms with Crippen molar-refractivity contribution < 1.29 is 9.47 Å². The average molecular weight is 293 g/mol. The van der Waals surface area contributed by atoms with Crippen molar-refractivity contribution in [2.24, 2.45) is 11.7 Å². The van der Waals surface area contributed by atoms with E-state index in [1.807, 2.05) is 0 Å². The van der Waals surface area contributed by atoms with Gasteiger partial charge in [-0.3, -0.25) is 0 Å². The van der Waals surface area contributed by atoms with E-state index in [9.17, 15) is 0 Å². The number of ether oxygens (including phenoxy) is 2. The summed E-state index contributed by atoms with van der Waals surface area (Å²) in [4.78, 5) is 1.29. The van der Waals surface area contributed by atoms with E-state index >= 15 is 0 Å². The van der Waals surface area contributed by atoms with Gasteiger partial charge < -0.3 is 15.2 Å². The number of benzene rings is 1. The molecule has 1 spiro atoms. The van der Waals surface area contributed by atoms with Crippen LogP contribution in [0.1, 0.15) is 30.9 Å². The van der Waals surface area contributed by atoms with E-state index in [0.717, 1.165) is 39.1 Å². The smallest absolute Gasteiger partial charge is 0.0940 e. The molecule has 3 nitrogen and oxygen atoms in total. The molecule has 0 amide bonds. The Hall–Kier alpha value is -0.550. The van der Waals surface area contributed by atoms with Gasteiger partial charge in [0.2, 0.25) is 0 Å². The molecule has 1 aromatic carbocycles. The van der Waals surface area contributed by atoms with E-state index < -0.39 is 0 Å². The number of thioether (sulfide) groups is 1. The van der Waals surface area contributed by atoms with Crippen molar-refractivity contribution in [1.82, 2.24) is 0 Å². The Bertz CT molecular complexity index is 442. The van der Waals surface area contributed by atoms with Gasteiger partial charge >= 0.3 is 0 Å². The van der Waals surface area contributed by atoms with Crippen molar-refractivity contribution in [3.8, 4) is 0 Å². The third-order valence-corrected chi connectivity index (χ3v) is 5.35. The first-order valence-corrected chi connectivity index (χ1v) is 8.56. The maximum Gasteiger partial charge on any atom is 0.0940 e. The zero-order chi connectivity index (χ0) is 14.0. The van der Waals surface area contributed by atoms with Crippen LogP contribution >= 0.6 is 11.8 Å². The lowest BCUT2D eigenvalue weighted by molar-refractivity contribution is -0.101. The predicted octanol–water partition coefficient (Wildman–Crippen LogP) is 2.99. The van der Waals surface area contributed by atoms with Crippen LogP contribution in [0, 0.1) is 5.92 Å². The van der Waals surface area contributed by atoms with Gasteiger partial charge in [-0.05, 0) is 42.7 Å². The molecule has 2 aliphatic rings. The molecule has 0 radical (unpaired) electrons. The number of hydrogen-bond acceptors (Lipinski definition) is 4. The minimum atomic E-state index is -0.0558. The molecule has 0 saturated carbocycles. The Balaban J connectivity index is 1.70. The van der Waals surface area contributed by atoms with E-state index in [1.165, 1.54) is 10.5 Å². The molecule has 3 unspecified atom stereocenters. The number of hydrogen-bond donors (Lipinski definition) is 1. The first-order valence-electron chi connectivity index (χ1n) is 7.34. The molecule has 3 atom stereocenters. The van der Waals surface area contributed by atoms with Crippen LogP contribution < -0.4 is 5.73 Å². The third-order valence-electron chi connectivity index (χ3n) is 4.61. The van der Waals surface area contributed by atoms with Crippen molar-refractivity contribution >= 4 is 11.8 Å². The van der Waals surface area contributed by atoms with Gasteiger partial charge in [0, 0.05) is 30.6 Å². The quantitative estimate of drug-likeness (QED) is 0.870. The molecule has 1 aromatic rings. The fourth-order valence-corrected chi connectivity index (χ4v) is 3.74. The molecular formula is C16H23NO2S. The molecule has 0 aliphatic carbocycles. The lowest BCUT2D eigenvalue weighted by atomic mass is 9.79. The standard InChI is InChI=1S/C16H23NO2S/c1-20-14-4-2-12(3-5-14)15(17)13-6-8-19-16(10-13)7-9-18-11-16/h2-5,13,15H,6-11,17H2,1H3. The Morgan fingerprint density at radius 1 is 1.30 bits per heavy atom. The topological polar surface area (TPSA) is 44.5 Å². The summed E-state index contributed by atoms with van der Waals surface area (Å²) in [5.41, 5.74) is 7.69. The molecule has 2 aliphatic heterocycles. The molecule has 0 bridgehead atoms. The summed E-state index contributed by atoms with van der Waals surface area (Å²) in [6.45, 7) is 2.37. The minimum Gasteiger partial charge on any atom is -0.378 e. The van der Waals surface area contributed by atoms with Crippen molar-refractivity contribution in [2.75, 3.05) is 26.1 Å². The molecule has 2 saturated heterocycles. The lowest BCUT2D eigenvalue weighted by Gasteiger charge is -2.39.